The van der Waals surface area contributed by atoms with Gasteiger partial charge in [-0.2, -0.15) is 0 Å². The Morgan fingerprint density at radius 2 is 2.17 bits per heavy atom. The summed E-state index contributed by atoms with van der Waals surface area (Å²) in [5.41, 5.74) is 8.23. The van der Waals surface area contributed by atoms with Crippen LogP contribution in [0.1, 0.15) is 41.3 Å². The van der Waals surface area contributed by atoms with Gasteiger partial charge in [0.1, 0.15) is 6.04 Å². The third-order valence-corrected chi connectivity index (χ3v) is 4.42. The number of nitrogens with zero attached hydrogens (tertiary/aromatic N) is 1. The molecule has 4 N–H and O–H groups in total. The molecular weight excluding hydrogens is 308 g/mol. The molecule has 1 aromatic carbocycles. The second-order valence-electron chi connectivity index (χ2n) is 6.46. The van der Waals surface area contributed by atoms with Crippen LogP contribution >= 0.6 is 0 Å². The van der Waals surface area contributed by atoms with Gasteiger partial charge in [-0.25, -0.2) is 0 Å². The van der Waals surface area contributed by atoms with E-state index in [9.17, 15) is 14.4 Å². The number of nitrogens with one attached hydrogen (secondary N) is 2. The van der Waals surface area contributed by atoms with Crippen LogP contribution in [-0.2, 0) is 22.7 Å². The lowest BCUT2D eigenvalue weighted by Gasteiger charge is -2.29. The van der Waals surface area contributed by atoms with Crippen molar-refractivity contribution >= 4 is 17.7 Å². The van der Waals surface area contributed by atoms with Crippen molar-refractivity contribution in [3.05, 3.63) is 34.9 Å². The van der Waals surface area contributed by atoms with Crippen LogP contribution in [-0.4, -0.2) is 41.2 Å². The molecule has 2 aliphatic rings. The minimum absolute atomic E-state index is 0.0393. The number of fused-ring (bicyclic) bond motifs is 1. The number of imide groups is 1. The fourth-order valence-electron chi connectivity index (χ4n) is 3.27. The Labute approximate surface area is 140 Å². The van der Waals surface area contributed by atoms with E-state index in [1.807, 2.05) is 25.1 Å². The molecule has 128 valence electrons. The van der Waals surface area contributed by atoms with Crippen molar-refractivity contribution in [2.75, 3.05) is 6.54 Å². The van der Waals surface area contributed by atoms with Crippen LogP contribution in [0.15, 0.2) is 18.2 Å². The maximum atomic E-state index is 12.8. The van der Waals surface area contributed by atoms with Crippen LogP contribution in [0.5, 0.6) is 0 Å². The zero-order valence-corrected chi connectivity index (χ0v) is 13.7. The van der Waals surface area contributed by atoms with Gasteiger partial charge in [0.15, 0.2) is 0 Å². The van der Waals surface area contributed by atoms with E-state index in [1.165, 1.54) is 0 Å². The van der Waals surface area contributed by atoms with Crippen molar-refractivity contribution in [2.24, 2.45) is 5.73 Å². The van der Waals surface area contributed by atoms with Crippen LogP contribution < -0.4 is 16.4 Å². The number of rotatable bonds is 5. The van der Waals surface area contributed by atoms with Gasteiger partial charge in [-0.15, -0.1) is 0 Å². The highest BCUT2D eigenvalue weighted by Crippen LogP contribution is 2.29. The average Bonchev–Trinajstić information content (AvgIpc) is 2.85. The van der Waals surface area contributed by atoms with Crippen molar-refractivity contribution in [2.45, 2.75) is 44.9 Å². The number of benzene rings is 1. The Hall–Kier alpha value is -2.25. The minimum Gasteiger partial charge on any atom is -0.327 e. The highest BCUT2D eigenvalue weighted by Gasteiger charge is 2.39. The summed E-state index contributed by atoms with van der Waals surface area (Å²) in [5, 5.41) is 5.56. The summed E-state index contributed by atoms with van der Waals surface area (Å²) in [6.45, 7) is 3.54. The molecule has 0 aromatic heterocycles. The first-order valence-corrected chi connectivity index (χ1v) is 8.19. The predicted octanol–water partition coefficient (Wildman–Crippen LogP) is -0.116. The van der Waals surface area contributed by atoms with Crippen molar-refractivity contribution in [1.29, 1.82) is 0 Å². The largest absolute Gasteiger partial charge is 0.327 e. The van der Waals surface area contributed by atoms with Crippen molar-refractivity contribution in [3.63, 3.8) is 0 Å². The third kappa shape index (κ3) is 3.18. The smallest absolute Gasteiger partial charge is 0.255 e. The summed E-state index contributed by atoms with van der Waals surface area (Å²) in [7, 11) is 0. The van der Waals surface area contributed by atoms with Crippen LogP contribution in [0, 0.1) is 0 Å². The van der Waals surface area contributed by atoms with E-state index in [0.29, 0.717) is 31.6 Å². The van der Waals surface area contributed by atoms with Gasteiger partial charge < -0.3 is 16.0 Å². The molecule has 1 unspecified atom stereocenters. The maximum absolute atomic E-state index is 12.8. The lowest BCUT2D eigenvalue weighted by Crippen LogP contribution is -2.52. The highest BCUT2D eigenvalue weighted by atomic mass is 16.2. The first kappa shape index (κ1) is 16.6. The quantitative estimate of drug-likeness (QED) is 0.653. The molecule has 0 spiro atoms. The Morgan fingerprint density at radius 3 is 2.88 bits per heavy atom. The number of hydrogen-bond acceptors (Lipinski definition) is 5. The van der Waals surface area contributed by atoms with E-state index in [-0.39, 0.29) is 30.2 Å². The summed E-state index contributed by atoms with van der Waals surface area (Å²) in [6, 6.07) is 5.21. The molecular formula is C17H22N4O3. The molecule has 2 heterocycles. The standard InChI is InChI=1S/C17H22N4O3/c1-10(18)7-19-8-11-3-2-4-12-9-21(17(24)15(11)12)13-5-6-14(22)20-16(13)23/h2-4,10,13,19H,5-9,18H2,1H3,(H,20,22,23)/t10-,13?/m1/s1. The van der Waals surface area contributed by atoms with Crippen molar-refractivity contribution in [3.8, 4) is 0 Å². The topological polar surface area (TPSA) is 105 Å². The second-order valence-corrected chi connectivity index (χ2v) is 6.46. The van der Waals surface area contributed by atoms with E-state index in [4.69, 9.17) is 5.73 Å². The SMILES string of the molecule is C[C@@H](N)CNCc1cccc2c1C(=O)N(C1CCC(=O)NC1=O)C2. The normalized spacial score (nSPS) is 21.7. The first-order valence-electron chi connectivity index (χ1n) is 8.19. The van der Waals surface area contributed by atoms with Gasteiger partial charge >= 0.3 is 0 Å². The molecule has 0 saturated carbocycles. The van der Waals surface area contributed by atoms with Gasteiger partial charge in [0, 0.05) is 37.7 Å². The van der Waals surface area contributed by atoms with Crippen molar-refractivity contribution < 1.29 is 14.4 Å². The number of amides is 3. The Kier molecular flexibility index (Phi) is 4.64. The lowest BCUT2D eigenvalue weighted by atomic mass is 10.0. The van der Waals surface area contributed by atoms with Gasteiger partial charge in [-0.3, -0.25) is 19.7 Å². The number of hydrogen-bond donors (Lipinski definition) is 3. The van der Waals surface area contributed by atoms with Crippen LogP contribution in [0.4, 0.5) is 0 Å². The molecule has 1 fully saturated rings. The number of carbonyl (C=O) groups is 3. The number of nitrogens with two attached hydrogens (primary N) is 1. The average molecular weight is 330 g/mol. The lowest BCUT2D eigenvalue weighted by molar-refractivity contribution is -0.136. The Morgan fingerprint density at radius 1 is 1.38 bits per heavy atom. The molecule has 3 amide bonds. The molecule has 3 rings (SSSR count). The molecule has 2 aliphatic heterocycles. The van der Waals surface area contributed by atoms with E-state index < -0.39 is 6.04 Å². The fourth-order valence-corrected chi connectivity index (χ4v) is 3.27. The molecule has 24 heavy (non-hydrogen) atoms. The monoisotopic (exact) mass is 330 g/mol. The molecule has 7 heteroatoms. The second kappa shape index (κ2) is 6.70. The number of piperidine rings is 1. The summed E-state index contributed by atoms with van der Waals surface area (Å²) in [5.74, 6) is -0.803. The van der Waals surface area contributed by atoms with E-state index in [1.54, 1.807) is 4.90 Å². The fraction of sp³-hybridized carbons (Fsp3) is 0.471. The summed E-state index contributed by atoms with van der Waals surface area (Å²) in [4.78, 5) is 37.8. The van der Waals surface area contributed by atoms with Gasteiger partial charge in [0.2, 0.25) is 11.8 Å². The van der Waals surface area contributed by atoms with Gasteiger partial charge in [0.05, 0.1) is 0 Å². The minimum atomic E-state index is -0.576. The zero-order valence-electron chi connectivity index (χ0n) is 13.7. The van der Waals surface area contributed by atoms with E-state index in [0.717, 1.165) is 11.1 Å². The van der Waals surface area contributed by atoms with Crippen LogP contribution in [0.25, 0.3) is 0 Å². The summed E-state index contributed by atoms with van der Waals surface area (Å²) in [6.07, 6.45) is 0.641. The zero-order chi connectivity index (χ0) is 17.3. The third-order valence-electron chi connectivity index (χ3n) is 4.42. The van der Waals surface area contributed by atoms with Gasteiger partial charge in [-0.1, -0.05) is 18.2 Å². The maximum Gasteiger partial charge on any atom is 0.255 e. The van der Waals surface area contributed by atoms with Crippen molar-refractivity contribution in [1.82, 2.24) is 15.5 Å². The molecule has 2 atom stereocenters. The van der Waals surface area contributed by atoms with E-state index >= 15 is 0 Å². The first-order chi connectivity index (χ1) is 11.5. The molecule has 7 nitrogen and oxygen atoms in total. The summed E-state index contributed by atoms with van der Waals surface area (Å²) >= 11 is 0. The Bertz CT molecular complexity index is 686. The molecule has 0 bridgehead atoms. The van der Waals surface area contributed by atoms with Crippen LogP contribution in [0.2, 0.25) is 0 Å². The molecule has 0 aliphatic carbocycles. The molecule has 0 radical (unpaired) electrons. The summed E-state index contributed by atoms with van der Waals surface area (Å²) < 4.78 is 0. The Balaban J connectivity index is 1.78. The van der Waals surface area contributed by atoms with E-state index in [2.05, 4.69) is 10.6 Å². The molecule has 1 aromatic rings. The number of carbonyl (C=O) groups excluding carboxylic acids is 3. The molecule has 1 saturated heterocycles. The van der Waals surface area contributed by atoms with Gasteiger partial charge in [0.25, 0.3) is 5.91 Å². The predicted molar refractivity (Wildman–Crippen MR) is 87.8 cm³/mol. The van der Waals surface area contributed by atoms with Crippen LogP contribution in [0.3, 0.4) is 0 Å². The van der Waals surface area contributed by atoms with Gasteiger partial charge in [-0.05, 0) is 24.5 Å². The highest BCUT2D eigenvalue weighted by molar-refractivity contribution is 6.05.